The molecule has 1 heterocycles. The number of ether oxygens (including phenoxy) is 1. The Kier molecular flexibility index (Phi) is 4.81. The summed E-state index contributed by atoms with van der Waals surface area (Å²) in [6.45, 7) is 1.95. The number of rotatable bonds is 3. The van der Waals surface area contributed by atoms with Crippen molar-refractivity contribution in [1.82, 2.24) is 4.57 Å². The number of hydrogen-bond acceptors (Lipinski definition) is 3. The fourth-order valence-electron chi connectivity index (χ4n) is 2.66. The Morgan fingerprint density at radius 3 is 2.52 bits per heavy atom. The van der Waals surface area contributed by atoms with E-state index in [4.69, 9.17) is 4.74 Å². The standard InChI is InChI=1S/C19H17FN2O2S/c1-12-17(13-8-10-14(20)11-9-13)22(2)19(25-12)21-18(23)15-6-4-5-7-16(15)24-3/h4-11H,1-3H3. The summed E-state index contributed by atoms with van der Waals surface area (Å²) in [6, 6.07) is 13.3. The van der Waals surface area contributed by atoms with E-state index in [2.05, 4.69) is 4.99 Å². The Morgan fingerprint density at radius 2 is 1.84 bits per heavy atom. The van der Waals surface area contributed by atoms with Crippen molar-refractivity contribution in [2.75, 3.05) is 7.11 Å². The zero-order chi connectivity index (χ0) is 18.0. The molecule has 1 aromatic heterocycles. The number of aryl methyl sites for hydroxylation is 1. The molecule has 0 radical (unpaired) electrons. The number of aromatic nitrogens is 1. The molecule has 4 nitrogen and oxygen atoms in total. The average Bonchev–Trinajstić information content (AvgIpc) is 2.89. The van der Waals surface area contributed by atoms with Crippen LogP contribution in [0.4, 0.5) is 4.39 Å². The predicted molar refractivity (Wildman–Crippen MR) is 96.3 cm³/mol. The van der Waals surface area contributed by atoms with Crippen LogP contribution in [0, 0.1) is 12.7 Å². The molecule has 0 saturated carbocycles. The van der Waals surface area contributed by atoms with E-state index in [1.807, 2.05) is 18.5 Å². The Bertz CT molecular complexity index is 987. The highest BCUT2D eigenvalue weighted by Gasteiger charge is 2.14. The summed E-state index contributed by atoms with van der Waals surface area (Å²) < 4.78 is 20.2. The number of hydrogen-bond donors (Lipinski definition) is 0. The van der Waals surface area contributed by atoms with E-state index in [0.717, 1.165) is 16.1 Å². The molecule has 0 fully saturated rings. The van der Waals surface area contributed by atoms with Crippen molar-refractivity contribution >= 4 is 17.2 Å². The lowest BCUT2D eigenvalue weighted by molar-refractivity contribution is 0.0995. The van der Waals surface area contributed by atoms with Crippen molar-refractivity contribution in [2.45, 2.75) is 6.92 Å². The molecule has 0 aliphatic carbocycles. The lowest BCUT2D eigenvalue weighted by Gasteiger charge is -2.05. The van der Waals surface area contributed by atoms with Gasteiger partial charge in [-0.2, -0.15) is 4.99 Å². The summed E-state index contributed by atoms with van der Waals surface area (Å²) >= 11 is 1.42. The van der Waals surface area contributed by atoms with Crippen LogP contribution in [0.3, 0.4) is 0 Å². The number of para-hydroxylation sites is 1. The molecule has 3 rings (SSSR count). The molecule has 2 aromatic carbocycles. The van der Waals surface area contributed by atoms with Gasteiger partial charge in [0.1, 0.15) is 11.6 Å². The zero-order valence-electron chi connectivity index (χ0n) is 14.1. The highest BCUT2D eigenvalue weighted by molar-refractivity contribution is 7.09. The van der Waals surface area contributed by atoms with E-state index < -0.39 is 0 Å². The Hall–Kier alpha value is -2.73. The van der Waals surface area contributed by atoms with Crippen molar-refractivity contribution in [2.24, 2.45) is 12.0 Å². The van der Waals surface area contributed by atoms with Gasteiger partial charge in [-0.05, 0) is 48.9 Å². The molecule has 0 aliphatic rings. The number of halogens is 1. The van der Waals surface area contributed by atoms with Gasteiger partial charge in [0.2, 0.25) is 0 Å². The van der Waals surface area contributed by atoms with E-state index in [0.29, 0.717) is 16.1 Å². The number of methoxy groups -OCH3 is 1. The van der Waals surface area contributed by atoms with Crippen molar-refractivity contribution in [1.29, 1.82) is 0 Å². The van der Waals surface area contributed by atoms with Crippen LogP contribution in [0.15, 0.2) is 53.5 Å². The third-order valence-electron chi connectivity index (χ3n) is 3.85. The minimum atomic E-state index is -0.361. The lowest BCUT2D eigenvalue weighted by atomic mass is 10.1. The Morgan fingerprint density at radius 1 is 1.16 bits per heavy atom. The van der Waals surface area contributed by atoms with Crippen LogP contribution in [0.25, 0.3) is 11.3 Å². The summed E-state index contributed by atoms with van der Waals surface area (Å²) in [4.78, 5) is 18.4. The second-order valence-corrected chi connectivity index (χ2v) is 6.65. The van der Waals surface area contributed by atoms with Gasteiger partial charge in [-0.3, -0.25) is 4.79 Å². The van der Waals surface area contributed by atoms with Gasteiger partial charge < -0.3 is 9.30 Å². The third kappa shape index (κ3) is 3.39. The second kappa shape index (κ2) is 7.03. The molecule has 0 saturated heterocycles. The molecular formula is C19H17FN2O2S. The van der Waals surface area contributed by atoms with Crippen molar-refractivity contribution in [3.63, 3.8) is 0 Å². The minimum absolute atomic E-state index is 0.282. The van der Waals surface area contributed by atoms with E-state index in [9.17, 15) is 9.18 Å². The van der Waals surface area contributed by atoms with Crippen LogP contribution in [0.1, 0.15) is 15.2 Å². The minimum Gasteiger partial charge on any atom is -0.496 e. The summed E-state index contributed by atoms with van der Waals surface area (Å²) in [6.07, 6.45) is 0. The topological polar surface area (TPSA) is 43.6 Å². The first-order valence-electron chi connectivity index (χ1n) is 7.65. The molecule has 6 heteroatoms. The van der Waals surface area contributed by atoms with E-state index in [1.54, 1.807) is 36.4 Å². The normalized spacial score (nSPS) is 11.6. The van der Waals surface area contributed by atoms with Crippen LogP contribution in [-0.2, 0) is 7.05 Å². The molecule has 0 atom stereocenters. The number of nitrogens with zero attached hydrogens (tertiary/aromatic N) is 2. The maximum Gasteiger partial charge on any atom is 0.283 e. The first-order valence-corrected chi connectivity index (χ1v) is 8.47. The van der Waals surface area contributed by atoms with Crippen LogP contribution in [-0.4, -0.2) is 17.6 Å². The molecule has 0 bridgehead atoms. The maximum atomic E-state index is 13.2. The van der Waals surface area contributed by atoms with Gasteiger partial charge in [-0.1, -0.05) is 12.1 Å². The highest BCUT2D eigenvalue weighted by atomic mass is 32.1. The number of carbonyl (C=O) groups is 1. The average molecular weight is 356 g/mol. The van der Waals surface area contributed by atoms with Crippen LogP contribution in [0.5, 0.6) is 5.75 Å². The maximum absolute atomic E-state index is 13.2. The highest BCUT2D eigenvalue weighted by Crippen LogP contribution is 2.25. The molecule has 128 valence electrons. The fraction of sp³-hybridized carbons (Fsp3) is 0.158. The summed E-state index contributed by atoms with van der Waals surface area (Å²) in [7, 11) is 3.37. The second-order valence-electron chi connectivity index (χ2n) is 5.47. The number of carbonyl (C=O) groups excluding carboxylic acids is 1. The van der Waals surface area contributed by atoms with Crippen LogP contribution < -0.4 is 9.54 Å². The number of thiazole rings is 1. The summed E-state index contributed by atoms with van der Waals surface area (Å²) in [5.41, 5.74) is 2.21. The monoisotopic (exact) mass is 356 g/mol. The van der Waals surface area contributed by atoms with Gasteiger partial charge in [0, 0.05) is 11.9 Å². The third-order valence-corrected chi connectivity index (χ3v) is 4.90. The van der Waals surface area contributed by atoms with Gasteiger partial charge in [0.15, 0.2) is 4.80 Å². The quantitative estimate of drug-likeness (QED) is 0.713. The smallest absolute Gasteiger partial charge is 0.283 e. The molecule has 0 spiro atoms. The molecule has 0 unspecified atom stereocenters. The zero-order valence-corrected chi connectivity index (χ0v) is 14.9. The van der Waals surface area contributed by atoms with E-state index >= 15 is 0 Å². The van der Waals surface area contributed by atoms with E-state index in [1.165, 1.54) is 30.6 Å². The fourth-order valence-corrected chi connectivity index (χ4v) is 3.64. The van der Waals surface area contributed by atoms with Gasteiger partial charge in [0.25, 0.3) is 5.91 Å². The van der Waals surface area contributed by atoms with Gasteiger partial charge >= 0.3 is 0 Å². The first-order chi connectivity index (χ1) is 12.0. The van der Waals surface area contributed by atoms with Gasteiger partial charge in [-0.15, -0.1) is 11.3 Å². The number of benzene rings is 2. The molecule has 3 aromatic rings. The van der Waals surface area contributed by atoms with E-state index in [-0.39, 0.29) is 11.7 Å². The Balaban J connectivity index is 2.06. The first kappa shape index (κ1) is 17.1. The molecular weight excluding hydrogens is 339 g/mol. The summed E-state index contributed by atoms with van der Waals surface area (Å²) in [5.74, 6) is -0.151. The molecule has 1 amide bonds. The summed E-state index contributed by atoms with van der Waals surface area (Å²) in [5, 5.41) is 0. The number of amides is 1. The van der Waals surface area contributed by atoms with Crippen molar-refractivity contribution < 1.29 is 13.9 Å². The van der Waals surface area contributed by atoms with Crippen LogP contribution >= 0.6 is 11.3 Å². The lowest BCUT2D eigenvalue weighted by Crippen LogP contribution is -2.14. The SMILES string of the molecule is COc1ccccc1C(=O)N=c1sc(C)c(-c2ccc(F)cc2)n1C. The van der Waals surface area contributed by atoms with Gasteiger partial charge in [-0.25, -0.2) is 4.39 Å². The molecule has 0 N–H and O–H groups in total. The molecule has 25 heavy (non-hydrogen) atoms. The molecule has 0 aliphatic heterocycles. The Labute approximate surface area is 148 Å². The predicted octanol–water partition coefficient (Wildman–Crippen LogP) is 3.95. The van der Waals surface area contributed by atoms with Crippen LogP contribution in [0.2, 0.25) is 0 Å². The largest absolute Gasteiger partial charge is 0.496 e. The van der Waals surface area contributed by atoms with Gasteiger partial charge in [0.05, 0.1) is 18.4 Å². The van der Waals surface area contributed by atoms with Crippen molar-refractivity contribution in [3.05, 3.63) is 69.6 Å². The van der Waals surface area contributed by atoms with Crippen molar-refractivity contribution in [3.8, 4) is 17.0 Å².